The summed E-state index contributed by atoms with van der Waals surface area (Å²) in [7, 11) is -3.03. The van der Waals surface area contributed by atoms with Gasteiger partial charge in [0.25, 0.3) is 0 Å². The predicted octanol–water partition coefficient (Wildman–Crippen LogP) is 2.74. The Hall–Kier alpha value is -1.05. The normalized spacial score (nSPS) is 25.3. The molecule has 124 valence electrons. The SMILES string of the molecule is C=CCN1C(SCc2c(F)cccc2Cl)=N[C@@H]2CS(=O)(=O)C[C@H]21. The molecule has 0 spiro atoms. The molecule has 1 saturated heterocycles. The summed E-state index contributed by atoms with van der Waals surface area (Å²) in [5.74, 6) is 0.195. The van der Waals surface area contributed by atoms with Crippen molar-refractivity contribution < 1.29 is 12.8 Å². The lowest BCUT2D eigenvalue weighted by Gasteiger charge is -2.24. The quantitative estimate of drug-likeness (QED) is 0.760. The molecule has 1 fully saturated rings. The summed E-state index contributed by atoms with van der Waals surface area (Å²) in [5, 5.41) is 1.11. The summed E-state index contributed by atoms with van der Waals surface area (Å²) in [4.78, 5) is 6.48. The highest BCUT2D eigenvalue weighted by Gasteiger charge is 2.46. The molecule has 0 saturated carbocycles. The largest absolute Gasteiger partial charge is 0.342 e. The van der Waals surface area contributed by atoms with Crippen LogP contribution in [-0.4, -0.2) is 48.6 Å². The van der Waals surface area contributed by atoms with E-state index >= 15 is 0 Å². The van der Waals surface area contributed by atoms with Gasteiger partial charge in [-0.15, -0.1) is 6.58 Å². The molecule has 1 aromatic rings. The van der Waals surface area contributed by atoms with Crippen LogP contribution in [0.1, 0.15) is 5.56 Å². The Morgan fingerprint density at radius 2 is 2.26 bits per heavy atom. The van der Waals surface area contributed by atoms with Crippen molar-refractivity contribution in [1.82, 2.24) is 4.90 Å². The summed E-state index contributed by atoms with van der Waals surface area (Å²) >= 11 is 7.42. The fourth-order valence-electron chi connectivity index (χ4n) is 2.87. The van der Waals surface area contributed by atoms with Crippen molar-refractivity contribution in [2.45, 2.75) is 17.8 Å². The third kappa shape index (κ3) is 3.41. The molecule has 0 unspecified atom stereocenters. The second-order valence-electron chi connectivity index (χ2n) is 5.55. The highest BCUT2D eigenvalue weighted by molar-refractivity contribution is 8.13. The first kappa shape index (κ1) is 16.8. The first-order chi connectivity index (χ1) is 10.9. The van der Waals surface area contributed by atoms with Crippen LogP contribution in [-0.2, 0) is 15.6 Å². The second kappa shape index (κ2) is 6.45. The first-order valence-electron chi connectivity index (χ1n) is 7.13. The Kier molecular flexibility index (Phi) is 4.71. The molecule has 1 aromatic carbocycles. The predicted molar refractivity (Wildman–Crippen MR) is 93.3 cm³/mol. The standard InChI is InChI=1S/C15H16ClFN2O2S2/c1-2-6-19-14-9-23(20,21)8-13(14)18-15(19)22-7-10-11(16)4-3-5-12(10)17/h2-5,13-14H,1,6-9H2/t13-,14-/m1/s1. The van der Waals surface area contributed by atoms with Crippen LogP contribution in [0.25, 0.3) is 0 Å². The van der Waals surface area contributed by atoms with Crippen molar-refractivity contribution in [1.29, 1.82) is 0 Å². The fourth-order valence-corrected chi connectivity index (χ4v) is 6.21. The number of benzene rings is 1. The second-order valence-corrected chi connectivity index (χ2v) is 9.06. The molecule has 0 N–H and O–H groups in total. The molecule has 2 aliphatic rings. The number of hydrogen-bond donors (Lipinski definition) is 0. The number of amidine groups is 1. The van der Waals surface area contributed by atoms with E-state index in [2.05, 4.69) is 11.6 Å². The van der Waals surface area contributed by atoms with E-state index in [0.717, 1.165) is 5.17 Å². The topological polar surface area (TPSA) is 49.7 Å². The van der Waals surface area contributed by atoms with E-state index in [1.165, 1.54) is 17.8 Å². The van der Waals surface area contributed by atoms with Crippen molar-refractivity contribution >= 4 is 38.4 Å². The number of sulfone groups is 1. The molecular weight excluding hydrogens is 359 g/mol. The average molecular weight is 375 g/mol. The van der Waals surface area contributed by atoms with Crippen LogP contribution < -0.4 is 0 Å². The maximum atomic E-state index is 13.9. The van der Waals surface area contributed by atoms with Gasteiger partial charge in [-0.2, -0.15) is 0 Å². The smallest absolute Gasteiger partial charge is 0.160 e. The van der Waals surface area contributed by atoms with Gasteiger partial charge in [0.2, 0.25) is 0 Å². The summed E-state index contributed by atoms with van der Waals surface area (Å²) < 4.78 is 37.4. The van der Waals surface area contributed by atoms with Gasteiger partial charge in [-0.3, -0.25) is 4.99 Å². The third-order valence-corrected chi connectivity index (χ3v) is 7.03. The van der Waals surface area contributed by atoms with Crippen molar-refractivity contribution in [3.05, 3.63) is 47.3 Å². The van der Waals surface area contributed by atoms with Crippen LogP contribution in [0.3, 0.4) is 0 Å². The van der Waals surface area contributed by atoms with Crippen molar-refractivity contribution in [2.24, 2.45) is 4.99 Å². The van der Waals surface area contributed by atoms with Crippen molar-refractivity contribution in [3.63, 3.8) is 0 Å². The van der Waals surface area contributed by atoms with Crippen LogP contribution in [0.2, 0.25) is 5.02 Å². The van der Waals surface area contributed by atoms with E-state index in [4.69, 9.17) is 11.6 Å². The molecule has 8 heteroatoms. The summed E-state index contributed by atoms with van der Waals surface area (Å²) in [5.41, 5.74) is 0.435. The zero-order valence-electron chi connectivity index (χ0n) is 12.3. The minimum atomic E-state index is -3.03. The van der Waals surface area contributed by atoms with E-state index in [1.54, 1.807) is 18.2 Å². The number of fused-ring (bicyclic) bond motifs is 1. The van der Waals surface area contributed by atoms with Crippen LogP contribution in [0.4, 0.5) is 4.39 Å². The van der Waals surface area contributed by atoms with Gasteiger partial charge in [-0.05, 0) is 12.1 Å². The monoisotopic (exact) mass is 374 g/mol. The lowest BCUT2D eigenvalue weighted by molar-refractivity contribution is 0.379. The van der Waals surface area contributed by atoms with Crippen LogP contribution in [0, 0.1) is 5.82 Å². The molecule has 0 bridgehead atoms. The Labute approximate surface area is 144 Å². The Morgan fingerprint density at radius 3 is 2.96 bits per heavy atom. The number of thioether (sulfide) groups is 1. The van der Waals surface area contributed by atoms with Crippen LogP contribution in [0.15, 0.2) is 35.8 Å². The number of rotatable bonds is 4. The van der Waals surface area contributed by atoms with Gasteiger partial charge in [-0.1, -0.05) is 35.5 Å². The molecule has 0 radical (unpaired) electrons. The van der Waals surface area contributed by atoms with E-state index in [0.29, 0.717) is 22.9 Å². The van der Waals surface area contributed by atoms with E-state index in [1.807, 2.05) is 4.90 Å². The van der Waals surface area contributed by atoms with Gasteiger partial charge >= 0.3 is 0 Å². The number of aliphatic imine (C=N–C) groups is 1. The van der Waals surface area contributed by atoms with Crippen LogP contribution >= 0.6 is 23.4 Å². The highest BCUT2D eigenvalue weighted by Crippen LogP contribution is 2.33. The summed E-state index contributed by atoms with van der Waals surface area (Å²) in [6, 6.07) is 4.22. The zero-order valence-corrected chi connectivity index (χ0v) is 14.7. The van der Waals surface area contributed by atoms with Gasteiger partial charge in [0.15, 0.2) is 15.0 Å². The van der Waals surface area contributed by atoms with E-state index < -0.39 is 9.84 Å². The molecule has 23 heavy (non-hydrogen) atoms. The van der Waals surface area contributed by atoms with Gasteiger partial charge in [0, 0.05) is 22.9 Å². The Bertz CT molecular complexity index is 746. The molecular formula is C15H16ClFN2O2S2. The van der Waals surface area contributed by atoms with Crippen molar-refractivity contribution in [3.8, 4) is 0 Å². The van der Waals surface area contributed by atoms with Gasteiger partial charge in [0.05, 0.1) is 23.6 Å². The third-order valence-electron chi connectivity index (χ3n) is 3.95. The maximum Gasteiger partial charge on any atom is 0.160 e. The lowest BCUT2D eigenvalue weighted by Crippen LogP contribution is -2.39. The fraction of sp³-hybridized carbons (Fsp3) is 0.400. The van der Waals surface area contributed by atoms with Crippen LogP contribution in [0.5, 0.6) is 0 Å². The number of hydrogen-bond acceptors (Lipinski definition) is 5. The van der Waals surface area contributed by atoms with Crippen molar-refractivity contribution in [2.75, 3.05) is 18.1 Å². The average Bonchev–Trinajstić information content (AvgIpc) is 2.92. The Balaban J connectivity index is 1.78. The summed E-state index contributed by atoms with van der Waals surface area (Å²) in [6.07, 6.45) is 1.72. The molecule has 0 aliphatic carbocycles. The molecule has 2 atom stereocenters. The molecule has 3 rings (SSSR count). The minimum absolute atomic E-state index is 0.0792. The lowest BCUT2D eigenvalue weighted by atomic mass is 10.2. The minimum Gasteiger partial charge on any atom is -0.342 e. The molecule has 0 aromatic heterocycles. The highest BCUT2D eigenvalue weighted by atomic mass is 35.5. The van der Waals surface area contributed by atoms with Gasteiger partial charge in [-0.25, -0.2) is 12.8 Å². The number of nitrogens with zero attached hydrogens (tertiary/aromatic N) is 2. The van der Waals surface area contributed by atoms with E-state index in [-0.39, 0.29) is 29.4 Å². The zero-order chi connectivity index (χ0) is 16.6. The first-order valence-corrected chi connectivity index (χ1v) is 10.3. The molecule has 2 aliphatic heterocycles. The Morgan fingerprint density at radius 1 is 1.48 bits per heavy atom. The van der Waals surface area contributed by atoms with Gasteiger partial charge < -0.3 is 4.90 Å². The molecule has 2 heterocycles. The molecule has 4 nitrogen and oxygen atoms in total. The van der Waals surface area contributed by atoms with Gasteiger partial charge in [0.1, 0.15) is 5.82 Å². The van der Waals surface area contributed by atoms with E-state index in [9.17, 15) is 12.8 Å². The maximum absolute atomic E-state index is 13.9. The molecule has 0 amide bonds. The number of halogens is 2. The summed E-state index contributed by atoms with van der Waals surface area (Å²) in [6.45, 7) is 4.24.